The highest BCUT2D eigenvalue weighted by atomic mass is 79.9. The van der Waals surface area contributed by atoms with Gasteiger partial charge in [0.15, 0.2) is 5.16 Å². The number of methoxy groups -OCH3 is 1. The van der Waals surface area contributed by atoms with Crippen LogP contribution < -0.4 is 10.6 Å². The van der Waals surface area contributed by atoms with Gasteiger partial charge in [-0.3, -0.25) is 14.4 Å². The highest BCUT2D eigenvalue weighted by Crippen LogP contribution is 2.19. The normalized spacial score (nSPS) is 11.6. The van der Waals surface area contributed by atoms with Gasteiger partial charge in [-0.05, 0) is 40.8 Å². The molecule has 0 saturated carbocycles. The van der Waals surface area contributed by atoms with Crippen LogP contribution in [0, 0.1) is 0 Å². The maximum absolute atomic E-state index is 12.7. The summed E-state index contributed by atoms with van der Waals surface area (Å²) in [5, 5.41) is 5.90. The Balaban J connectivity index is 2.80. The third-order valence-electron chi connectivity index (χ3n) is 3.46. The van der Waals surface area contributed by atoms with E-state index < -0.39 is 17.9 Å². The van der Waals surface area contributed by atoms with Gasteiger partial charge < -0.3 is 15.4 Å². The maximum Gasteiger partial charge on any atom is 0.307 e. The molecule has 1 heterocycles. The smallest absolute Gasteiger partial charge is 0.307 e. The summed E-state index contributed by atoms with van der Waals surface area (Å²) in [6.45, 7) is 2.20. The fraction of sp³-hybridized carbons (Fsp3) is 0.588. The lowest BCUT2D eigenvalue weighted by Gasteiger charge is -2.18. The van der Waals surface area contributed by atoms with E-state index in [9.17, 15) is 14.4 Å². The van der Waals surface area contributed by atoms with Crippen molar-refractivity contribution in [3.63, 3.8) is 0 Å². The molecule has 28 heavy (non-hydrogen) atoms. The first-order chi connectivity index (χ1) is 13.4. The summed E-state index contributed by atoms with van der Waals surface area (Å²) in [4.78, 5) is 44.8. The highest BCUT2D eigenvalue weighted by Gasteiger charge is 2.23. The predicted molar refractivity (Wildman–Crippen MR) is 115 cm³/mol. The van der Waals surface area contributed by atoms with Crippen molar-refractivity contribution < 1.29 is 19.1 Å². The number of nitrogens with one attached hydrogen (secondary N) is 2. The lowest BCUT2D eigenvalue weighted by atomic mass is 10.2. The van der Waals surface area contributed by atoms with Gasteiger partial charge in [0, 0.05) is 18.5 Å². The molecule has 0 aliphatic heterocycles. The van der Waals surface area contributed by atoms with E-state index in [1.807, 2.05) is 6.26 Å². The van der Waals surface area contributed by atoms with Crippen LogP contribution in [-0.2, 0) is 14.3 Å². The third kappa shape index (κ3) is 8.78. The zero-order valence-corrected chi connectivity index (χ0v) is 19.3. The van der Waals surface area contributed by atoms with Gasteiger partial charge in [-0.15, -0.1) is 0 Å². The Hall–Kier alpha value is -1.33. The van der Waals surface area contributed by atoms with Crippen molar-refractivity contribution in [3.05, 3.63) is 16.4 Å². The van der Waals surface area contributed by atoms with Crippen molar-refractivity contribution in [3.8, 4) is 0 Å². The summed E-state index contributed by atoms with van der Waals surface area (Å²) in [5.74, 6) is 0.324. The second-order valence-corrected chi connectivity index (χ2v) is 8.52. The molecule has 156 valence electrons. The van der Waals surface area contributed by atoms with Crippen molar-refractivity contribution in [2.45, 2.75) is 37.4 Å². The number of esters is 1. The summed E-state index contributed by atoms with van der Waals surface area (Å²) in [6, 6.07) is -0.730. The van der Waals surface area contributed by atoms with E-state index in [0.717, 1.165) is 12.2 Å². The van der Waals surface area contributed by atoms with Crippen molar-refractivity contribution in [1.29, 1.82) is 0 Å². The molecule has 1 aromatic heterocycles. The van der Waals surface area contributed by atoms with E-state index >= 15 is 0 Å². The van der Waals surface area contributed by atoms with E-state index in [-0.39, 0.29) is 24.6 Å². The molecule has 2 N–H and O–H groups in total. The molecule has 0 aliphatic carbocycles. The van der Waals surface area contributed by atoms with Crippen LogP contribution in [0.15, 0.2) is 15.8 Å². The lowest BCUT2D eigenvalue weighted by Crippen LogP contribution is -2.47. The molecule has 0 bridgehead atoms. The average molecular weight is 493 g/mol. The molecular weight excluding hydrogens is 468 g/mol. The summed E-state index contributed by atoms with van der Waals surface area (Å²) in [7, 11) is 1.29. The molecule has 0 aliphatic rings. The van der Waals surface area contributed by atoms with Gasteiger partial charge in [-0.2, -0.15) is 11.8 Å². The van der Waals surface area contributed by atoms with Crippen LogP contribution in [0.4, 0.5) is 0 Å². The zero-order chi connectivity index (χ0) is 20.9. The summed E-state index contributed by atoms with van der Waals surface area (Å²) < 4.78 is 5.01. The molecule has 1 aromatic rings. The molecule has 0 saturated heterocycles. The van der Waals surface area contributed by atoms with Gasteiger partial charge in [0.05, 0.1) is 18.0 Å². The molecule has 2 amide bonds. The second-order valence-electron chi connectivity index (χ2n) is 5.62. The second kappa shape index (κ2) is 13.8. The first-order valence-electron chi connectivity index (χ1n) is 8.72. The predicted octanol–water partition coefficient (Wildman–Crippen LogP) is 2.27. The average Bonchev–Trinajstić information content (AvgIpc) is 2.69. The van der Waals surface area contributed by atoms with Gasteiger partial charge >= 0.3 is 5.97 Å². The molecule has 8 nitrogen and oxygen atoms in total. The van der Waals surface area contributed by atoms with Crippen LogP contribution in [0.5, 0.6) is 0 Å². The number of amides is 2. The van der Waals surface area contributed by atoms with E-state index in [2.05, 4.69) is 48.2 Å². The maximum atomic E-state index is 12.7. The Morgan fingerprint density at radius 3 is 2.71 bits per heavy atom. The highest BCUT2D eigenvalue weighted by molar-refractivity contribution is 9.10. The minimum absolute atomic E-state index is 0.0703. The Labute approximate surface area is 181 Å². The molecule has 0 radical (unpaired) electrons. The fourth-order valence-corrected chi connectivity index (χ4v) is 3.53. The van der Waals surface area contributed by atoms with Crippen LogP contribution in [-0.4, -0.2) is 65.2 Å². The number of ether oxygens (including phenoxy) is 1. The first kappa shape index (κ1) is 24.7. The van der Waals surface area contributed by atoms with Gasteiger partial charge in [-0.25, -0.2) is 9.97 Å². The largest absolute Gasteiger partial charge is 0.469 e. The molecular formula is C17H25BrN4O4S2. The van der Waals surface area contributed by atoms with Crippen LogP contribution in [0.2, 0.25) is 0 Å². The Bertz CT molecular complexity index is 679. The number of carbonyl (C=O) groups is 3. The van der Waals surface area contributed by atoms with E-state index in [1.165, 1.54) is 25.1 Å². The number of thioether (sulfide) groups is 2. The Morgan fingerprint density at radius 1 is 1.32 bits per heavy atom. The quantitative estimate of drug-likeness (QED) is 0.259. The number of hydrogen-bond acceptors (Lipinski definition) is 8. The molecule has 1 unspecified atom stereocenters. The summed E-state index contributed by atoms with van der Waals surface area (Å²) >= 11 is 6.33. The van der Waals surface area contributed by atoms with E-state index in [0.29, 0.717) is 21.8 Å². The van der Waals surface area contributed by atoms with Gasteiger partial charge in [0.1, 0.15) is 11.7 Å². The monoisotopic (exact) mass is 492 g/mol. The minimum atomic E-state index is -0.730. The van der Waals surface area contributed by atoms with Crippen LogP contribution in [0.3, 0.4) is 0 Å². The molecule has 1 atom stereocenters. The topological polar surface area (TPSA) is 110 Å². The van der Waals surface area contributed by atoms with Crippen molar-refractivity contribution >= 4 is 57.2 Å². The van der Waals surface area contributed by atoms with Crippen molar-refractivity contribution in [2.24, 2.45) is 0 Å². The molecule has 0 fully saturated rings. The fourth-order valence-electron chi connectivity index (χ4n) is 2.02. The van der Waals surface area contributed by atoms with Crippen LogP contribution >= 0.6 is 39.5 Å². The van der Waals surface area contributed by atoms with Gasteiger partial charge in [0.2, 0.25) is 5.91 Å². The number of rotatable bonds is 12. The molecule has 0 spiro atoms. The van der Waals surface area contributed by atoms with Crippen LogP contribution in [0.1, 0.15) is 36.7 Å². The van der Waals surface area contributed by atoms with Crippen LogP contribution in [0.25, 0.3) is 0 Å². The number of halogens is 1. The third-order valence-corrected chi connectivity index (χ3v) is 5.75. The minimum Gasteiger partial charge on any atom is -0.469 e. The molecule has 11 heteroatoms. The van der Waals surface area contributed by atoms with E-state index in [1.54, 1.807) is 11.8 Å². The molecule has 1 rings (SSSR count). The first-order valence-corrected chi connectivity index (χ1v) is 11.9. The zero-order valence-electron chi connectivity index (χ0n) is 16.1. The Kier molecular flexibility index (Phi) is 12.2. The number of aromatic nitrogens is 2. The van der Waals surface area contributed by atoms with Gasteiger partial charge in [0.25, 0.3) is 5.91 Å². The van der Waals surface area contributed by atoms with Crippen molar-refractivity contribution in [1.82, 2.24) is 20.6 Å². The molecule has 0 aromatic carbocycles. The number of carbonyl (C=O) groups excluding carboxylic acids is 3. The van der Waals surface area contributed by atoms with Gasteiger partial charge in [-0.1, -0.05) is 18.7 Å². The lowest BCUT2D eigenvalue weighted by molar-refractivity contribution is -0.140. The Morgan fingerprint density at radius 2 is 2.07 bits per heavy atom. The van der Waals surface area contributed by atoms with Crippen molar-refractivity contribution in [2.75, 3.05) is 31.4 Å². The van der Waals surface area contributed by atoms with E-state index in [4.69, 9.17) is 0 Å². The summed E-state index contributed by atoms with van der Waals surface area (Å²) in [5.41, 5.74) is 0.185. The standard InChI is InChI=1S/C17H25BrN4O4S2/c1-4-8-28-17-20-10-11(18)14(22-17)16(25)21-12(6-9-27-3)15(24)19-7-5-13(23)26-2/h10,12H,4-9H2,1-3H3,(H,19,24)(H,21,25). The summed E-state index contributed by atoms with van der Waals surface area (Å²) in [6.07, 6.45) is 4.95. The number of nitrogens with zero attached hydrogens (tertiary/aromatic N) is 2. The number of hydrogen-bond donors (Lipinski definition) is 2. The SMILES string of the molecule is CCCSc1ncc(Br)c(C(=O)NC(CCSC)C(=O)NCCC(=O)OC)n1.